The van der Waals surface area contributed by atoms with Gasteiger partial charge in [0.15, 0.2) is 13.2 Å². The number of hydrogen-bond acceptors (Lipinski definition) is 8. The Morgan fingerprint density at radius 2 is 1.83 bits per heavy atom. The van der Waals surface area contributed by atoms with E-state index in [4.69, 9.17) is 20.8 Å². The molecule has 3 heterocycles. The molecule has 1 aliphatic heterocycles. The van der Waals surface area contributed by atoms with Crippen LogP contribution in [-0.4, -0.2) is 49.4 Å². The van der Waals surface area contributed by atoms with Crippen LogP contribution in [-0.2, 0) is 20.9 Å². The van der Waals surface area contributed by atoms with Gasteiger partial charge in [-0.3, -0.25) is 4.79 Å². The second-order valence-electron chi connectivity index (χ2n) is 7.70. The van der Waals surface area contributed by atoms with Gasteiger partial charge in [-0.15, -0.1) is 10.2 Å². The summed E-state index contributed by atoms with van der Waals surface area (Å²) in [7, 11) is 0. The number of aromatic nitrogens is 4. The van der Waals surface area contributed by atoms with Crippen LogP contribution in [0.4, 0.5) is 0 Å². The molecule has 0 spiro atoms. The number of hydrazone groups is 1. The molecule has 0 saturated heterocycles. The highest BCUT2D eigenvalue weighted by atomic mass is 35.5. The van der Waals surface area contributed by atoms with Crippen molar-refractivity contribution in [3.8, 4) is 11.4 Å². The molecule has 4 aromatic rings. The fourth-order valence-corrected chi connectivity index (χ4v) is 3.77. The number of esters is 1. The van der Waals surface area contributed by atoms with Gasteiger partial charge < -0.3 is 9.15 Å². The van der Waals surface area contributed by atoms with Crippen LogP contribution in [0.2, 0.25) is 5.02 Å². The van der Waals surface area contributed by atoms with Crippen LogP contribution < -0.4 is 0 Å². The third-order valence-corrected chi connectivity index (χ3v) is 5.58. The Morgan fingerprint density at radius 1 is 1.03 bits per heavy atom. The highest BCUT2D eigenvalue weighted by molar-refractivity contribution is 6.30. The van der Waals surface area contributed by atoms with Gasteiger partial charge in [0, 0.05) is 17.0 Å². The van der Waals surface area contributed by atoms with E-state index >= 15 is 0 Å². The number of carbonyl (C=O) groups excluding carboxylic acids is 2. The highest BCUT2D eigenvalue weighted by Gasteiger charge is 2.35. The van der Waals surface area contributed by atoms with Crippen molar-refractivity contribution in [3.05, 3.63) is 89.3 Å². The van der Waals surface area contributed by atoms with E-state index in [2.05, 4.69) is 20.5 Å². The first kappa shape index (κ1) is 22.5. The molecule has 176 valence electrons. The predicted molar refractivity (Wildman–Crippen MR) is 125 cm³/mol. The smallest absolute Gasteiger partial charge is 0.330 e. The first-order valence-corrected chi connectivity index (χ1v) is 11.1. The quantitative estimate of drug-likeness (QED) is 0.364. The molecule has 1 atom stereocenters. The SMILES string of the molecule is O=C(Cn1nnc(-c2ccccc2)n1)OCC(=O)N1N=C(c2ccc(Cl)cc2)C[C@H]1c1ccco1. The zero-order valence-electron chi connectivity index (χ0n) is 18.3. The number of halogens is 1. The number of benzene rings is 2. The summed E-state index contributed by atoms with van der Waals surface area (Å²) in [6.45, 7) is -0.776. The largest absolute Gasteiger partial charge is 0.467 e. The number of rotatable bonds is 7. The Labute approximate surface area is 204 Å². The average molecular weight is 491 g/mol. The van der Waals surface area contributed by atoms with Gasteiger partial charge >= 0.3 is 5.97 Å². The van der Waals surface area contributed by atoms with Crippen LogP contribution >= 0.6 is 11.6 Å². The van der Waals surface area contributed by atoms with E-state index in [1.807, 2.05) is 42.5 Å². The predicted octanol–water partition coefficient (Wildman–Crippen LogP) is 3.51. The van der Waals surface area contributed by atoms with Gasteiger partial charge in [0.25, 0.3) is 5.91 Å². The van der Waals surface area contributed by atoms with Crippen LogP contribution in [0.5, 0.6) is 0 Å². The number of tetrazole rings is 1. The first-order chi connectivity index (χ1) is 17.1. The summed E-state index contributed by atoms with van der Waals surface area (Å²) in [5.41, 5.74) is 2.31. The van der Waals surface area contributed by atoms with E-state index in [-0.39, 0.29) is 6.54 Å². The summed E-state index contributed by atoms with van der Waals surface area (Å²) in [5, 5.41) is 18.4. The molecule has 35 heavy (non-hydrogen) atoms. The van der Waals surface area contributed by atoms with Crippen LogP contribution in [0.25, 0.3) is 11.4 Å². The number of carbonyl (C=O) groups is 2. The number of hydrogen-bond donors (Lipinski definition) is 0. The van der Waals surface area contributed by atoms with Crippen LogP contribution in [0.1, 0.15) is 23.8 Å². The fourth-order valence-electron chi connectivity index (χ4n) is 3.64. The minimum Gasteiger partial charge on any atom is -0.467 e. The molecule has 0 N–H and O–H groups in total. The molecule has 0 bridgehead atoms. The van der Waals surface area contributed by atoms with Gasteiger partial charge in [0.2, 0.25) is 5.82 Å². The topological polar surface area (TPSA) is 116 Å². The number of nitrogens with zero attached hydrogens (tertiary/aromatic N) is 6. The molecule has 0 unspecified atom stereocenters. The molecule has 2 aromatic carbocycles. The Balaban J connectivity index is 1.24. The fraction of sp³-hybridized carbons (Fsp3) is 0.167. The molecule has 0 aliphatic carbocycles. The zero-order valence-corrected chi connectivity index (χ0v) is 19.1. The van der Waals surface area contributed by atoms with E-state index in [1.165, 1.54) is 11.3 Å². The van der Waals surface area contributed by atoms with Crippen molar-refractivity contribution in [1.29, 1.82) is 0 Å². The van der Waals surface area contributed by atoms with Gasteiger partial charge in [-0.25, -0.2) is 9.80 Å². The minimum atomic E-state index is -0.675. The van der Waals surface area contributed by atoms with Crippen molar-refractivity contribution in [1.82, 2.24) is 25.2 Å². The van der Waals surface area contributed by atoms with Crippen LogP contribution in [0.3, 0.4) is 0 Å². The van der Waals surface area contributed by atoms with Gasteiger partial charge in [-0.1, -0.05) is 54.1 Å². The molecule has 10 nitrogen and oxygen atoms in total. The van der Waals surface area contributed by atoms with Crippen molar-refractivity contribution in [3.63, 3.8) is 0 Å². The molecular weight excluding hydrogens is 472 g/mol. The second kappa shape index (κ2) is 9.90. The van der Waals surface area contributed by atoms with E-state index in [0.717, 1.165) is 15.9 Å². The number of amides is 1. The lowest BCUT2D eigenvalue weighted by Crippen LogP contribution is -2.31. The molecule has 0 saturated carbocycles. The molecule has 1 aliphatic rings. The van der Waals surface area contributed by atoms with Crippen molar-refractivity contribution in [2.75, 3.05) is 6.61 Å². The molecule has 1 amide bonds. The van der Waals surface area contributed by atoms with Crippen molar-refractivity contribution in [2.24, 2.45) is 5.10 Å². The standard InChI is InChI=1S/C24H19ClN6O4/c25-18-10-8-16(9-11-18)19-13-20(21-7-4-12-34-21)31(27-19)22(32)15-35-23(33)14-30-28-24(26-29-30)17-5-2-1-3-6-17/h1-12,20H,13-15H2/t20-/m0/s1. The van der Waals surface area contributed by atoms with Crippen molar-refractivity contribution in [2.45, 2.75) is 19.0 Å². The summed E-state index contributed by atoms with van der Waals surface area (Å²) in [5.74, 6) is -0.194. The maximum absolute atomic E-state index is 13.0. The third kappa shape index (κ3) is 5.12. The first-order valence-electron chi connectivity index (χ1n) is 10.7. The lowest BCUT2D eigenvalue weighted by Gasteiger charge is -2.19. The molecule has 11 heteroatoms. The Morgan fingerprint density at radius 3 is 2.57 bits per heavy atom. The van der Waals surface area contributed by atoms with E-state index in [0.29, 0.717) is 28.7 Å². The Bertz CT molecular complexity index is 1350. The lowest BCUT2D eigenvalue weighted by atomic mass is 10.0. The van der Waals surface area contributed by atoms with Gasteiger partial charge in [0.1, 0.15) is 11.8 Å². The molecule has 5 rings (SSSR count). The molecule has 2 aromatic heterocycles. The van der Waals surface area contributed by atoms with Gasteiger partial charge in [-0.05, 0) is 35.0 Å². The Kier molecular flexibility index (Phi) is 6.36. The van der Waals surface area contributed by atoms with Crippen LogP contribution in [0, 0.1) is 0 Å². The van der Waals surface area contributed by atoms with E-state index < -0.39 is 24.5 Å². The normalized spacial score (nSPS) is 15.2. The maximum Gasteiger partial charge on any atom is 0.330 e. The highest BCUT2D eigenvalue weighted by Crippen LogP contribution is 2.33. The van der Waals surface area contributed by atoms with Gasteiger partial charge in [-0.2, -0.15) is 9.90 Å². The summed E-state index contributed by atoms with van der Waals surface area (Å²) in [6.07, 6.45) is 1.98. The van der Waals surface area contributed by atoms with Crippen molar-refractivity contribution < 1.29 is 18.7 Å². The average Bonchev–Trinajstić information content (AvgIpc) is 3.64. The van der Waals surface area contributed by atoms with Gasteiger partial charge in [0.05, 0.1) is 12.0 Å². The summed E-state index contributed by atoms with van der Waals surface area (Å²) in [6, 6.07) is 19.5. The lowest BCUT2D eigenvalue weighted by molar-refractivity contribution is -0.153. The second-order valence-corrected chi connectivity index (χ2v) is 8.13. The summed E-state index contributed by atoms with van der Waals surface area (Å²) >= 11 is 5.99. The molecule has 0 radical (unpaired) electrons. The monoisotopic (exact) mass is 490 g/mol. The maximum atomic E-state index is 13.0. The van der Waals surface area contributed by atoms with E-state index in [9.17, 15) is 9.59 Å². The van der Waals surface area contributed by atoms with Crippen LogP contribution in [0.15, 0.2) is 82.5 Å². The van der Waals surface area contributed by atoms with E-state index in [1.54, 1.807) is 24.3 Å². The zero-order chi connectivity index (χ0) is 24.2. The summed E-state index contributed by atoms with van der Waals surface area (Å²) < 4.78 is 10.7. The molecular formula is C24H19ClN6O4. The Hall–Kier alpha value is -4.31. The third-order valence-electron chi connectivity index (χ3n) is 5.33. The number of furan rings is 1. The number of ether oxygens (including phenoxy) is 1. The minimum absolute atomic E-state index is 0.284. The van der Waals surface area contributed by atoms with Crippen molar-refractivity contribution >= 4 is 29.2 Å². The summed E-state index contributed by atoms with van der Waals surface area (Å²) in [4.78, 5) is 26.4. The molecule has 0 fully saturated rings.